The van der Waals surface area contributed by atoms with Crippen LogP contribution in [0.1, 0.15) is 17.8 Å². The molecule has 1 aromatic heterocycles. The van der Waals surface area contributed by atoms with Crippen molar-refractivity contribution >= 4 is 16.9 Å². The highest BCUT2D eigenvalue weighted by molar-refractivity contribution is 5.80. The zero-order valence-electron chi connectivity index (χ0n) is 12.9. The first-order valence-corrected chi connectivity index (χ1v) is 7.47. The van der Waals surface area contributed by atoms with Gasteiger partial charge in [-0.15, -0.1) is 0 Å². The van der Waals surface area contributed by atoms with E-state index in [1.165, 1.54) is 11.7 Å². The van der Waals surface area contributed by atoms with E-state index >= 15 is 0 Å². The Kier molecular flexibility index (Phi) is 3.04. The Hall–Kier alpha value is -2.99. The summed E-state index contributed by atoms with van der Waals surface area (Å²) in [5.41, 5.74) is -0.501. The quantitative estimate of drug-likeness (QED) is 0.723. The zero-order chi connectivity index (χ0) is 16.9. The molecule has 0 saturated heterocycles. The third kappa shape index (κ3) is 1.83. The third-order valence-corrected chi connectivity index (χ3v) is 4.36. The van der Waals surface area contributed by atoms with E-state index in [4.69, 9.17) is 4.74 Å². The topological polar surface area (TPSA) is 81.4 Å². The fraction of sp³-hybridized carbons (Fsp3) is 0.167. The van der Waals surface area contributed by atoms with Crippen molar-refractivity contribution in [3.63, 3.8) is 0 Å². The molecule has 0 fully saturated rings. The first-order chi connectivity index (χ1) is 11.6. The molecule has 0 aliphatic carbocycles. The molecule has 3 aromatic rings. The van der Waals surface area contributed by atoms with E-state index in [9.17, 15) is 14.7 Å². The normalized spacial score (nSPS) is 18.2. The lowest BCUT2D eigenvalue weighted by atomic mass is 9.91. The van der Waals surface area contributed by atoms with E-state index in [-0.39, 0.29) is 17.8 Å². The first-order valence-electron chi connectivity index (χ1n) is 7.47. The number of nitrogens with zero attached hydrogens (tertiary/aromatic N) is 2. The summed E-state index contributed by atoms with van der Waals surface area (Å²) in [5, 5.41) is 11.7. The minimum atomic E-state index is -1.70. The molecule has 0 bridgehead atoms. The molecule has 24 heavy (non-hydrogen) atoms. The van der Waals surface area contributed by atoms with Crippen LogP contribution in [0.3, 0.4) is 0 Å². The maximum Gasteiger partial charge on any atom is 0.309 e. The van der Waals surface area contributed by atoms with Gasteiger partial charge in [-0.05, 0) is 18.2 Å². The van der Waals surface area contributed by atoms with Gasteiger partial charge in [-0.1, -0.05) is 30.3 Å². The lowest BCUT2D eigenvalue weighted by Gasteiger charge is -2.22. The number of para-hydroxylation sites is 2. The van der Waals surface area contributed by atoms with Crippen LogP contribution in [0.2, 0.25) is 0 Å². The Morgan fingerprint density at radius 3 is 2.71 bits per heavy atom. The largest absolute Gasteiger partial charge is 0.469 e. The SMILES string of the molecule is COC(=O)C[C@@]1(O)c2ccccc2-n2c1nc1ccccc1c2=O. The summed E-state index contributed by atoms with van der Waals surface area (Å²) in [6, 6.07) is 13.9. The van der Waals surface area contributed by atoms with Gasteiger partial charge in [-0.25, -0.2) is 4.98 Å². The molecule has 2 aromatic carbocycles. The number of benzene rings is 2. The van der Waals surface area contributed by atoms with Gasteiger partial charge in [0, 0.05) is 5.56 Å². The van der Waals surface area contributed by atoms with Gasteiger partial charge in [-0.2, -0.15) is 0 Å². The van der Waals surface area contributed by atoms with Crippen molar-refractivity contribution in [3.05, 3.63) is 70.3 Å². The van der Waals surface area contributed by atoms with Gasteiger partial charge < -0.3 is 9.84 Å². The Morgan fingerprint density at radius 1 is 1.21 bits per heavy atom. The summed E-state index contributed by atoms with van der Waals surface area (Å²) < 4.78 is 6.09. The monoisotopic (exact) mass is 322 g/mol. The van der Waals surface area contributed by atoms with Gasteiger partial charge in [0.05, 0.1) is 30.1 Å². The number of fused-ring (bicyclic) bond motifs is 4. The van der Waals surface area contributed by atoms with Crippen LogP contribution in [0.15, 0.2) is 53.3 Å². The highest BCUT2D eigenvalue weighted by Crippen LogP contribution is 2.41. The molecule has 2 heterocycles. The Morgan fingerprint density at radius 2 is 1.92 bits per heavy atom. The summed E-state index contributed by atoms with van der Waals surface area (Å²) in [6.45, 7) is 0. The van der Waals surface area contributed by atoms with Crippen LogP contribution in [0.25, 0.3) is 16.6 Å². The molecule has 4 rings (SSSR count). The second-order valence-electron chi connectivity index (χ2n) is 5.72. The van der Waals surface area contributed by atoms with E-state index < -0.39 is 11.6 Å². The molecule has 0 saturated carbocycles. The molecule has 0 radical (unpaired) electrons. The molecule has 0 amide bonds. The number of hydrogen-bond donors (Lipinski definition) is 1. The highest BCUT2D eigenvalue weighted by Gasteiger charge is 2.46. The summed E-state index contributed by atoms with van der Waals surface area (Å²) >= 11 is 0. The van der Waals surface area contributed by atoms with Crippen molar-refractivity contribution in [2.45, 2.75) is 12.0 Å². The van der Waals surface area contributed by atoms with Crippen LogP contribution < -0.4 is 5.56 Å². The number of aliphatic hydroxyl groups is 1. The maximum absolute atomic E-state index is 12.9. The van der Waals surface area contributed by atoms with Crippen LogP contribution in [0.5, 0.6) is 0 Å². The minimum Gasteiger partial charge on any atom is -0.469 e. The van der Waals surface area contributed by atoms with Crippen molar-refractivity contribution in [1.29, 1.82) is 0 Å². The van der Waals surface area contributed by atoms with Gasteiger partial charge in [0.25, 0.3) is 5.56 Å². The lowest BCUT2D eigenvalue weighted by molar-refractivity contribution is -0.145. The Labute approximate surface area is 137 Å². The van der Waals surface area contributed by atoms with Crippen molar-refractivity contribution < 1.29 is 14.6 Å². The molecule has 1 N–H and O–H groups in total. The van der Waals surface area contributed by atoms with E-state index in [0.717, 1.165) is 0 Å². The maximum atomic E-state index is 12.9. The van der Waals surface area contributed by atoms with E-state index in [0.29, 0.717) is 22.2 Å². The number of rotatable bonds is 2. The van der Waals surface area contributed by atoms with Gasteiger partial charge in [0.2, 0.25) is 0 Å². The molecule has 120 valence electrons. The molecular formula is C18H14N2O4. The fourth-order valence-electron chi connectivity index (χ4n) is 3.23. The number of carbonyl (C=O) groups excluding carboxylic acids is 1. The average molecular weight is 322 g/mol. The number of hydrogen-bond acceptors (Lipinski definition) is 5. The van der Waals surface area contributed by atoms with E-state index in [1.807, 2.05) is 0 Å². The predicted molar refractivity (Wildman–Crippen MR) is 87.0 cm³/mol. The fourth-order valence-corrected chi connectivity index (χ4v) is 3.23. The van der Waals surface area contributed by atoms with Gasteiger partial charge in [0.15, 0.2) is 11.4 Å². The molecule has 0 unspecified atom stereocenters. The molecule has 1 aliphatic rings. The number of carbonyl (C=O) groups is 1. The summed E-state index contributed by atoms with van der Waals surface area (Å²) in [5.74, 6) is -0.444. The second kappa shape index (κ2) is 5.01. The molecule has 1 aliphatic heterocycles. The second-order valence-corrected chi connectivity index (χ2v) is 5.72. The number of esters is 1. The lowest BCUT2D eigenvalue weighted by Crippen LogP contribution is -2.32. The average Bonchev–Trinajstić information content (AvgIpc) is 2.85. The molecule has 6 nitrogen and oxygen atoms in total. The molecule has 1 atom stereocenters. The molecule has 6 heteroatoms. The van der Waals surface area contributed by atoms with Crippen LogP contribution in [-0.4, -0.2) is 27.7 Å². The van der Waals surface area contributed by atoms with Gasteiger partial charge in [0.1, 0.15) is 0 Å². The van der Waals surface area contributed by atoms with Crippen LogP contribution in [-0.2, 0) is 15.1 Å². The van der Waals surface area contributed by atoms with Crippen molar-refractivity contribution in [3.8, 4) is 5.69 Å². The van der Waals surface area contributed by atoms with Crippen molar-refractivity contribution in [1.82, 2.24) is 9.55 Å². The minimum absolute atomic E-state index is 0.137. The van der Waals surface area contributed by atoms with Crippen molar-refractivity contribution in [2.24, 2.45) is 0 Å². The summed E-state index contributed by atoms with van der Waals surface area (Å²) in [6.07, 6.45) is -0.314. The number of ether oxygens (including phenoxy) is 1. The van der Waals surface area contributed by atoms with Gasteiger partial charge in [-0.3, -0.25) is 14.2 Å². The standard InChI is InChI=1S/C18H14N2O4/c1-24-15(21)10-18(23)12-7-3-5-9-14(12)20-16(22)11-6-2-4-8-13(11)19-17(18)20/h2-9,23H,10H2,1H3/t18-/m1/s1. The molecule has 0 spiro atoms. The Balaban J connectivity index is 2.10. The number of aromatic nitrogens is 2. The summed E-state index contributed by atoms with van der Waals surface area (Å²) in [4.78, 5) is 29.2. The smallest absolute Gasteiger partial charge is 0.309 e. The Bertz CT molecular complexity index is 1040. The highest BCUT2D eigenvalue weighted by atomic mass is 16.5. The van der Waals surface area contributed by atoms with Crippen LogP contribution in [0.4, 0.5) is 0 Å². The van der Waals surface area contributed by atoms with E-state index in [2.05, 4.69) is 4.98 Å². The van der Waals surface area contributed by atoms with Crippen LogP contribution in [0, 0.1) is 0 Å². The zero-order valence-corrected chi connectivity index (χ0v) is 12.9. The summed E-state index contributed by atoms with van der Waals surface area (Å²) in [7, 11) is 1.26. The van der Waals surface area contributed by atoms with E-state index in [1.54, 1.807) is 48.5 Å². The van der Waals surface area contributed by atoms with Crippen molar-refractivity contribution in [2.75, 3.05) is 7.11 Å². The third-order valence-electron chi connectivity index (χ3n) is 4.36. The van der Waals surface area contributed by atoms with Gasteiger partial charge >= 0.3 is 5.97 Å². The van der Waals surface area contributed by atoms with Crippen LogP contribution >= 0.6 is 0 Å². The molecular weight excluding hydrogens is 308 g/mol. The first kappa shape index (κ1) is 14.6. The number of methoxy groups -OCH3 is 1. The predicted octanol–water partition coefficient (Wildman–Crippen LogP) is 1.50.